The molecule has 0 aliphatic rings. The third kappa shape index (κ3) is 4.34. The highest BCUT2D eigenvalue weighted by Gasteiger charge is 2.10. The molecule has 7 aromatic carbocycles. The predicted molar refractivity (Wildman–Crippen MR) is 175 cm³/mol. The number of aryl methyl sites for hydroxylation is 2. The van der Waals surface area contributed by atoms with E-state index in [1.54, 1.807) is 0 Å². The summed E-state index contributed by atoms with van der Waals surface area (Å²) >= 11 is 0. The Hall–Kier alpha value is -4.42. The minimum Gasteiger partial charge on any atom is -0.0651 e. The molecule has 0 aromatic heterocycles. The van der Waals surface area contributed by atoms with Crippen molar-refractivity contribution in [3.63, 3.8) is 0 Å². The molecular weight excluding hydrogens is 480 g/mol. The Kier molecular flexibility index (Phi) is 6.33. The Balaban J connectivity index is 1.28. The Morgan fingerprint density at radius 3 is 1.05 bits per heavy atom. The molecule has 0 fully saturated rings. The second-order valence-electron chi connectivity index (χ2n) is 11.2. The minimum absolute atomic E-state index is 1.14. The fourth-order valence-corrected chi connectivity index (χ4v) is 6.37. The highest BCUT2D eigenvalue weighted by atomic mass is 14.1. The lowest BCUT2D eigenvalue weighted by atomic mass is 9.92. The minimum atomic E-state index is 1.14. The first-order chi connectivity index (χ1) is 19.7. The molecule has 7 rings (SSSR count). The van der Waals surface area contributed by atoms with Crippen molar-refractivity contribution in [1.82, 2.24) is 0 Å². The van der Waals surface area contributed by atoms with Crippen molar-refractivity contribution in [2.45, 2.75) is 39.5 Å². The molecule has 0 radical (unpaired) electrons. The van der Waals surface area contributed by atoms with Crippen LogP contribution in [-0.4, -0.2) is 0 Å². The van der Waals surface area contributed by atoms with Gasteiger partial charge in [-0.2, -0.15) is 0 Å². The summed E-state index contributed by atoms with van der Waals surface area (Å²) in [5.41, 5.74) is 7.94. The molecular formula is C40H34. The van der Waals surface area contributed by atoms with E-state index in [4.69, 9.17) is 0 Å². The van der Waals surface area contributed by atoms with Gasteiger partial charge in [0.25, 0.3) is 0 Å². The summed E-state index contributed by atoms with van der Waals surface area (Å²) in [6, 6.07) is 45.8. The van der Waals surface area contributed by atoms with Gasteiger partial charge in [0.05, 0.1) is 0 Å². The molecule has 0 aliphatic carbocycles. The molecule has 0 bridgehead atoms. The van der Waals surface area contributed by atoms with Crippen LogP contribution in [0.5, 0.6) is 0 Å². The van der Waals surface area contributed by atoms with E-state index in [-0.39, 0.29) is 0 Å². The molecule has 0 N–H and O–H groups in total. The molecule has 0 saturated heterocycles. The van der Waals surface area contributed by atoms with Gasteiger partial charge in [0.15, 0.2) is 0 Å². The van der Waals surface area contributed by atoms with Crippen LogP contribution < -0.4 is 0 Å². The summed E-state index contributed by atoms with van der Waals surface area (Å²) in [4.78, 5) is 0. The predicted octanol–water partition coefficient (Wildman–Crippen LogP) is 11.5. The van der Waals surface area contributed by atoms with E-state index in [0.717, 1.165) is 12.8 Å². The zero-order valence-corrected chi connectivity index (χ0v) is 23.4. The first kappa shape index (κ1) is 24.6. The molecule has 0 amide bonds. The third-order valence-electron chi connectivity index (χ3n) is 8.48. The van der Waals surface area contributed by atoms with Gasteiger partial charge in [-0.15, -0.1) is 0 Å². The standard InChI is InChI=1S/C40H34/c1-3-5-27-7-11-29(12-8-27)31-15-19-35-33(25-31)17-21-39-37(35)23-24-38-36-20-16-32(26-34(36)18-22-40(38)39)30-13-9-28(6-4-2)10-14-30/h7-26H,3-6H2,1-2H3. The van der Waals surface area contributed by atoms with Crippen LogP contribution in [0.2, 0.25) is 0 Å². The lowest BCUT2D eigenvalue weighted by molar-refractivity contribution is 0.922. The van der Waals surface area contributed by atoms with Gasteiger partial charge < -0.3 is 0 Å². The van der Waals surface area contributed by atoms with Gasteiger partial charge in [-0.05, 0) is 101 Å². The third-order valence-corrected chi connectivity index (χ3v) is 8.48. The van der Waals surface area contributed by atoms with E-state index in [0.29, 0.717) is 0 Å². The highest BCUT2D eigenvalue weighted by molar-refractivity contribution is 6.22. The topological polar surface area (TPSA) is 0 Å². The van der Waals surface area contributed by atoms with Crippen LogP contribution in [-0.2, 0) is 12.8 Å². The summed E-state index contributed by atoms with van der Waals surface area (Å²) in [6.45, 7) is 4.47. The molecule has 0 nitrogen and oxygen atoms in total. The van der Waals surface area contributed by atoms with E-state index in [2.05, 4.69) is 135 Å². The van der Waals surface area contributed by atoms with Crippen LogP contribution in [0, 0.1) is 0 Å². The van der Waals surface area contributed by atoms with E-state index in [1.807, 2.05) is 0 Å². The maximum Gasteiger partial charge on any atom is -0.00987 e. The average Bonchev–Trinajstić information content (AvgIpc) is 3.01. The molecule has 0 unspecified atom stereocenters. The van der Waals surface area contributed by atoms with Crippen LogP contribution in [0.25, 0.3) is 65.3 Å². The van der Waals surface area contributed by atoms with Gasteiger partial charge in [0.2, 0.25) is 0 Å². The van der Waals surface area contributed by atoms with Crippen LogP contribution >= 0.6 is 0 Å². The summed E-state index contributed by atoms with van der Waals surface area (Å²) < 4.78 is 0. The van der Waals surface area contributed by atoms with E-state index >= 15 is 0 Å². The molecule has 0 aliphatic heterocycles. The zero-order chi connectivity index (χ0) is 27.1. The van der Waals surface area contributed by atoms with E-state index < -0.39 is 0 Å². The fourth-order valence-electron chi connectivity index (χ4n) is 6.37. The van der Waals surface area contributed by atoms with Gasteiger partial charge >= 0.3 is 0 Å². The van der Waals surface area contributed by atoms with Gasteiger partial charge in [0, 0.05) is 0 Å². The molecule has 194 valence electrons. The Morgan fingerprint density at radius 2 is 0.650 bits per heavy atom. The maximum atomic E-state index is 2.34. The Morgan fingerprint density at radius 1 is 0.325 bits per heavy atom. The van der Waals surface area contributed by atoms with Crippen molar-refractivity contribution >= 4 is 43.1 Å². The van der Waals surface area contributed by atoms with Gasteiger partial charge in [0.1, 0.15) is 0 Å². The van der Waals surface area contributed by atoms with Crippen molar-refractivity contribution < 1.29 is 0 Å². The largest absolute Gasteiger partial charge is 0.0651 e. The Labute approximate surface area is 236 Å². The van der Waals surface area contributed by atoms with Crippen LogP contribution in [0.1, 0.15) is 37.8 Å². The van der Waals surface area contributed by atoms with Gasteiger partial charge in [-0.1, -0.05) is 136 Å². The summed E-state index contributed by atoms with van der Waals surface area (Å²) in [6.07, 6.45) is 4.64. The quantitative estimate of drug-likeness (QED) is 0.194. The molecule has 0 spiro atoms. The van der Waals surface area contributed by atoms with Crippen LogP contribution in [0.3, 0.4) is 0 Å². The van der Waals surface area contributed by atoms with Crippen LogP contribution in [0.4, 0.5) is 0 Å². The monoisotopic (exact) mass is 514 g/mol. The molecule has 0 heterocycles. The fraction of sp³-hybridized carbons (Fsp3) is 0.150. The van der Waals surface area contributed by atoms with E-state index in [9.17, 15) is 0 Å². The van der Waals surface area contributed by atoms with Crippen molar-refractivity contribution in [3.05, 3.63) is 132 Å². The number of fused-ring (bicyclic) bond motifs is 7. The van der Waals surface area contributed by atoms with Crippen LogP contribution in [0.15, 0.2) is 121 Å². The summed E-state index contributed by atoms with van der Waals surface area (Å²) in [5, 5.41) is 10.5. The highest BCUT2D eigenvalue weighted by Crippen LogP contribution is 2.37. The van der Waals surface area contributed by atoms with Gasteiger partial charge in [-0.25, -0.2) is 0 Å². The number of benzene rings is 7. The summed E-state index contributed by atoms with van der Waals surface area (Å²) in [5.74, 6) is 0. The molecule has 0 heteroatoms. The SMILES string of the molecule is CCCc1ccc(-c2ccc3c(ccc4c3ccc3c5ccc(-c6ccc(CCC)cc6)cc5ccc34)c2)cc1. The van der Waals surface area contributed by atoms with E-state index in [1.165, 1.54) is 89.3 Å². The normalized spacial score (nSPS) is 11.7. The molecule has 40 heavy (non-hydrogen) atoms. The first-order valence-electron chi connectivity index (χ1n) is 14.7. The second kappa shape index (κ2) is 10.3. The molecule has 0 atom stereocenters. The number of hydrogen-bond acceptors (Lipinski definition) is 0. The number of hydrogen-bond donors (Lipinski definition) is 0. The summed E-state index contributed by atoms with van der Waals surface area (Å²) in [7, 11) is 0. The second-order valence-corrected chi connectivity index (χ2v) is 11.2. The van der Waals surface area contributed by atoms with Crippen molar-refractivity contribution in [1.29, 1.82) is 0 Å². The smallest absolute Gasteiger partial charge is 0.00987 e. The average molecular weight is 515 g/mol. The Bertz CT molecular complexity index is 1840. The number of rotatable bonds is 6. The lowest BCUT2D eigenvalue weighted by Gasteiger charge is -2.12. The van der Waals surface area contributed by atoms with Crippen molar-refractivity contribution in [2.24, 2.45) is 0 Å². The lowest BCUT2D eigenvalue weighted by Crippen LogP contribution is -1.86. The van der Waals surface area contributed by atoms with Crippen molar-refractivity contribution in [2.75, 3.05) is 0 Å². The zero-order valence-electron chi connectivity index (χ0n) is 23.4. The van der Waals surface area contributed by atoms with Crippen molar-refractivity contribution in [3.8, 4) is 22.3 Å². The van der Waals surface area contributed by atoms with Gasteiger partial charge in [-0.3, -0.25) is 0 Å². The maximum absolute atomic E-state index is 2.34. The molecule has 7 aromatic rings. The molecule has 0 saturated carbocycles. The first-order valence-corrected chi connectivity index (χ1v) is 14.7.